The van der Waals surface area contributed by atoms with Gasteiger partial charge in [-0.25, -0.2) is 4.39 Å². The van der Waals surface area contributed by atoms with E-state index in [-0.39, 0.29) is 5.75 Å². The minimum Gasteiger partial charge on any atom is -0.481 e. The number of ether oxygens (including phenoxy) is 1. The summed E-state index contributed by atoms with van der Waals surface area (Å²) >= 11 is 0. The Balaban J connectivity index is 1.94. The highest BCUT2D eigenvalue weighted by Crippen LogP contribution is 2.19. The topological polar surface area (TPSA) is 64.3 Å². The van der Waals surface area contributed by atoms with E-state index in [1.807, 2.05) is 6.07 Å². The van der Waals surface area contributed by atoms with Crippen LogP contribution in [0.2, 0.25) is 0 Å². The molecule has 0 aliphatic carbocycles. The highest BCUT2D eigenvalue weighted by Gasteiger charge is 2.10. The number of hydrogen-bond donors (Lipinski definition) is 2. The van der Waals surface area contributed by atoms with Gasteiger partial charge in [-0.15, -0.1) is 0 Å². The Labute approximate surface area is 120 Å². The van der Waals surface area contributed by atoms with E-state index in [4.69, 9.17) is 10.5 Å². The van der Waals surface area contributed by atoms with Crippen LogP contribution in [0.4, 0.5) is 14.5 Å². The van der Waals surface area contributed by atoms with Gasteiger partial charge in [-0.2, -0.15) is 4.39 Å². The molecule has 2 aromatic rings. The third-order valence-corrected chi connectivity index (χ3v) is 2.72. The number of nitrogens with one attached hydrogen (secondary N) is 1. The largest absolute Gasteiger partial charge is 0.481 e. The monoisotopic (exact) mass is 292 g/mol. The van der Waals surface area contributed by atoms with Gasteiger partial charge in [-0.05, 0) is 29.8 Å². The van der Waals surface area contributed by atoms with Crippen LogP contribution in [0.3, 0.4) is 0 Å². The van der Waals surface area contributed by atoms with Crippen molar-refractivity contribution < 1.29 is 18.3 Å². The molecule has 0 aromatic heterocycles. The molecule has 0 radical (unpaired) electrons. The lowest BCUT2D eigenvalue weighted by Gasteiger charge is -2.09. The standard InChI is InChI=1S/C15H14F2N2O2/c16-12-5-2-6-13(15(12)17)21-9-14(20)19-11-4-1-3-10(7-11)8-18/h1-7H,8-9,18H2,(H,19,20). The second-order valence-electron chi connectivity index (χ2n) is 4.29. The number of rotatable bonds is 5. The summed E-state index contributed by atoms with van der Waals surface area (Å²) in [6.45, 7) is -0.0675. The SMILES string of the molecule is NCc1cccc(NC(=O)COc2cccc(F)c2F)c1. The van der Waals surface area contributed by atoms with Crippen LogP contribution >= 0.6 is 0 Å². The van der Waals surface area contributed by atoms with E-state index < -0.39 is 24.1 Å². The van der Waals surface area contributed by atoms with E-state index in [0.717, 1.165) is 11.6 Å². The first-order valence-electron chi connectivity index (χ1n) is 6.26. The summed E-state index contributed by atoms with van der Waals surface area (Å²) < 4.78 is 31.3. The van der Waals surface area contributed by atoms with Gasteiger partial charge in [0.2, 0.25) is 5.82 Å². The zero-order valence-electron chi connectivity index (χ0n) is 11.1. The zero-order valence-corrected chi connectivity index (χ0v) is 11.1. The molecule has 3 N–H and O–H groups in total. The van der Waals surface area contributed by atoms with Crippen LogP contribution in [-0.4, -0.2) is 12.5 Å². The van der Waals surface area contributed by atoms with Crippen LogP contribution in [0.25, 0.3) is 0 Å². The summed E-state index contributed by atoms with van der Waals surface area (Å²) in [4.78, 5) is 11.7. The Kier molecular flexibility index (Phi) is 4.84. The molecule has 2 rings (SSSR count). The maximum atomic E-state index is 13.3. The van der Waals surface area contributed by atoms with Crippen LogP contribution in [0, 0.1) is 11.6 Å². The third kappa shape index (κ3) is 4.00. The molecular weight excluding hydrogens is 278 g/mol. The van der Waals surface area contributed by atoms with Crippen LogP contribution in [0.1, 0.15) is 5.56 Å². The predicted octanol–water partition coefficient (Wildman–Crippen LogP) is 2.44. The Hall–Kier alpha value is -2.47. The van der Waals surface area contributed by atoms with E-state index in [1.165, 1.54) is 12.1 Å². The van der Waals surface area contributed by atoms with Crippen molar-refractivity contribution in [3.63, 3.8) is 0 Å². The first-order valence-corrected chi connectivity index (χ1v) is 6.26. The molecule has 0 saturated carbocycles. The van der Waals surface area contributed by atoms with Gasteiger partial charge in [0.1, 0.15) is 0 Å². The molecule has 110 valence electrons. The number of anilines is 1. The Morgan fingerprint density at radius 1 is 1.19 bits per heavy atom. The summed E-state index contributed by atoms with van der Waals surface area (Å²) in [5.74, 6) is -2.92. The van der Waals surface area contributed by atoms with Crippen molar-refractivity contribution in [3.05, 3.63) is 59.7 Å². The molecule has 2 aromatic carbocycles. The molecule has 0 aliphatic rings. The quantitative estimate of drug-likeness (QED) is 0.889. The molecule has 6 heteroatoms. The second kappa shape index (κ2) is 6.81. The zero-order chi connectivity index (χ0) is 15.2. The molecule has 0 atom stereocenters. The van der Waals surface area contributed by atoms with Crippen molar-refractivity contribution in [1.29, 1.82) is 0 Å². The Bertz CT molecular complexity index is 647. The minimum absolute atomic E-state index is 0.305. The van der Waals surface area contributed by atoms with Crippen molar-refractivity contribution in [2.24, 2.45) is 5.73 Å². The molecule has 0 heterocycles. The number of carbonyl (C=O) groups is 1. The molecule has 1 amide bonds. The third-order valence-electron chi connectivity index (χ3n) is 2.72. The van der Waals surface area contributed by atoms with Crippen molar-refractivity contribution in [2.75, 3.05) is 11.9 Å². The molecule has 21 heavy (non-hydrogen) atoms. The number of benzene rings is 2. The normalized spacial score (nSPS) is 10.2. The lowest BCUT2D eigenvalue weighted by atomic mass is 10.2. The molecule has 0 spiro atoms. The van der Waals surface area contributed by atoms with Crippen molar-refractivity contribution in [2.45, 2.75) is 6.54 Å². The van der Waals surface area contributed by atoms with E-state index in [2.05, 4.69) is 5.32 Å². The van der Waals surface area contributed by atoms with Gasteiger partial charge < -0.3 is 15.8 Å². The van der Waals surface area contributed by atoms with Crippen LogP contribution < -0.4 is 15.8 Å². The molecule has 0 saturated heterocycles. The fourth-order valence-electron chi connectivity index (χ4n) is 1.71. The average Bonchev–Trinajstić information content (AvgIpc) is 2.49. The van der Waals surface area contributed by atoms with Crippen molar-refractivity contribution >= 4 is 11.6 Å². The lowest BCUT2D eigenvalue weighted by Crippen LogP contribution is -2.20. The van der Waals surface area contributed by atoms with Crippen molar-refractivity contribution in [1.82, 2.24) is 0 Å². The number of carbonyl (C=O) groups excluding carboxylic acids is 1. The highest BCUT2D eigenvalue weighted by atomic mass is 19.2. The van der Waals surface area contributed by atoms with Gasteiger partial charge in [0.05, 0.1) is 0 Å². The number of hydrogen-bond acceptors (Lipinski definition) is 3. The summed E-state index contributed by atoms with van der Waals surface area (Å²) in [6.07, 6.45) is 0. The molecule has 0 bridgehead atoms. The second-order valence-corrected chi connectivity index (χ2v) is 4.29. The maximum Gasteiger partial charge on any atom is 0.262 e. The van der Waals surface area contributed by atoms with Gasteiger partial charge in [-0.3, -0.25) is 4.79 Å². The van der Waals surface area contributed by atoms with Crippen LogP contribution in [0.15, 0.2) is 42.5 Å². The Morgan fingerprint density at radius 2 is 1.95 bits per heavy atom. The number of halogens is 2. The maximum absolute atomic E-state index is 13.3. The van der Waals surface area contributed by atoms with Crippen LogP contribution in [-0.2, 0) is 11.3 Å². The van der Waals surface area contributed by atoms with Crippen molar-refractivity contribution in [3.8, 4) is 5.75 Å². The lowest BCUT2D eigenvalue weighted by molar-refractivity contribution is -0.118. The average molecular weight is 292 g/mol. The summed E-state index contributed by atoms with van der Waals surface area (Å²) in [6, 6.07) is 10.5. The summed E-state index contributed by atoms with van der Waals surface area (Å²) in [7, 11) is 0. The van der Waals surface area contributed by atoms with E-state index >= 15 is 0 Å². The van der Waals surface area contributed by atoms with Crippen LogP contribution in [0.5, 0.6) is 5.75 Å². The van der Waals surface area contributed by atoms with Gasteiger partial charge in [0.15, 0.2) is 18.2 Å². The molecule has 4 nitrogen and oxygen atoms in total. The van der Waals surface area contributed by atoms with Gasteiger partial charge in [0, 0.05) is 12.2 Å². The molecule has 0 aliphatic heterocycles. The summed E-state index contributed by atoms with van der Waals surface area (Å²) in [5, 5.41) is 2.59. The molecule has 0 unspecified atom stereocenters. The highest BCUT2D eigenvalue weighted by molar-refractivity contribution is 5.91. The van der Waals surface area contributed by atoms with E-state index in [1.54, 1.807) is 18.2 Å². The number of amides is 1. The first-order chi connectivity index (χ1) is 10.1. The van der Waals surface area contributed by atoms with Gasteiger partial charge >= 0.3 is 0 Å². The molecular formula is C15H14F2N2O2. The van der Waals surface area contributed by atoms with Gasteiger partial charge in [0.25, 0.3) is 5.91 Å². The smallest absolute Gasteiger partial charge is 0.262 e. The fourth-order valence-corrected chi connectivity index (χ4v) is 1.71. The number of nitrogens with two attached hydrogens (primary N) is 1. The molecule has 0 fully saturated rings. The minimum atomic E-state index is -1.12. The van der Waals surface area contributed by atoms with Gasteiger partial charge in [-0.1, -0.05) is 18.2 Å². The fraction of sp³-hybridized carbons (Fsp3) is 0.133. The Morgan fingerprint density at radius 3 is 2.71 bits per heavy atom. The predicted molar refractivity (Wildman–Crippen MR) is 74.8 cm³/mol. The summed E-state index contributed by atoms with van der Waals surface area (Å²) in [5.41, 5.74) is 6.93. The van der Waals surface area contributed by atoms with E-state index in [9.17, 15) is 13.6 Å². The van der Waals surface area contributed by atoms with E-state index in [0.29, 0.717) is 12.2 Å². The first kappa shape index (κ1) is 14.9.